The highest BCUT2D eigenvalue weighted by molar-refractivity contribution is 5.33. The molecule has 2 saturated carbocycles. The molecule has 1 aromatic carbocycles. The van der Waals surface area contributed by atoms with Gasteiger partial charge in [-0.1, -0.05) is 45.1 Å². The SMILES string of the molecule is CCCCCC1CCC2CC(C3CCc4ccc(F)cc4C3OC(F)(F)F)CCC2C1. The fourth-order valence-corrected chi connectivity index (χ4v) is 6.90. The Morgan fingerprint density at radius 3 is 2.45 bits per heavy atom. The van der Waals surface area contributed by atoms with Crippen molar-refractivity contribution in [3.05, 3.63) is 35.1 Å². The fourth-order valence-electron chi connectivity index (χ4n) is 6.90. The number of unbranched alkanes of at least 4 members (excludes halogenated alkanes) is 2. The number of fused-ring (bicyclic) bond motifs is 2. The summed E-state index contributed by atoms with van der Waals surface area (Å²) >= 11 is 0. The molecule has 1 aromatic rings. The molecule has 0 aromatic heterocycles. The summed E-state index contributed by atoms with van der Waals surface area (Å²) in [7, 11) is 0. The van der Waals surface area contributed by atoms with E-state index in [-0.39, 0.29) is 11.8 Å². The molecular formula is C26H36F4O. The monoisotopic (exact) mass is 440 g/mol. The molecule has 31 heavy (non-hydrogen) atoms. The molecule has 4 rings (SSSR count). The quantitative estimate of drug-likeness (QED) is 0.319. The van der Waals surface area contributed by atoms with Gasteiger partial charge in [0.25, 0.3) is 0 Å². The average Bonchev–Trinajstić information content (AvgIpc) is 2.73. The molecular weight excluding hydrogens is 404 g/mol. The van der Waals surface area contributed by atoms with Gasteiger partial charge in [-0.25, -0.2) is 4.39 Å². The minimum absolute atomic E-state index is 0.181. The van der Waals surface area contributed by atoms with Gasteiger partial charge in [0.2, 0.25) is 0 Å². The van der Waals surface area contributed by atoms with Crippen LogP contribution in [0.15, 0.2) is 18.2 Å². The number of benzene rings is 1. The smallest absolute Gasteiger partial charge is 0.283 e. The molecule has 0 amide bonds. The maximum Gasteiger partial charge on any atom is 0.523 e. The summed E-state index contributed by atoms with van der Waals surface area (Å²) in [5.41, 5.74) is 1.21. The Morgan fingerprint density at radius 1 is 0.935 bits per heavy atom. The third-order valence-corrected chi connectivity index (χ3v) is 8.39. The van der Waals surface area contributed by atoms with Crippen LogP contribution in [0.1, 0.15) is 94.8 Å². The van der Waals surface area contributed by atoms with Crippen LogP contribution in [-0.2, 0) is 11.2 Å². The van der Waals surface area contributed by atoms with Crippen LogP contribution < -0.4 is 0 Å². The van der Waals surface area contributed by atoms with Gasteiger partial charge in [-0.05, 0) is 97.8 Å². The van der Waals surface area contributed by atoms with Crippen LogP contribution in [0.4, 0.5) is 17.6 Å². The van der Waals surface area contributed by atoms with Crippen LogP contribution in [0.25, 0.3) is 0 Å². The predicted molar refractivity (Wildman–Crippen MR) is 114 cm³/mol. The second kappa shape index (κ2) is 9.80. The number of hydrogen-bond donors (Lipinski definition) is 0. The fraction of sp³-hybridized carbons (Fsp3) is 0.769. The van der Waals surface area contributed by atoms with Crippen LogP contribution in [-0.4, -0.2) is 6.36 Å². The molecule has 0 spiro atoms. The number of rotatable bonds is 6. The average molecular weight is 441 g/mol. The highest BCUT2D eigenvalue weighted by Gasteiger charge is 2.45. The minimum Gasteiger partial charge on any atom is -0.283 e. The van der Waals surface area contributed by atoms with Crippen molar-refractivity contribution in [1.82, 2.24) is 0 Å². The first-order chi connectivity index (χ1) is 14.8. The minimum atomic E-state index is -4.71. The van der Waals surface area contributed by atoms with Crippen LogP contribution in [0, 0.1) is 35.4 Å². The summed E-state index contributed by atoms with van der Waals surface area (Å²) in [4.78, 5) is 0. The number of halogens is 4. The van der Waals surface area contributed by atoms with Crippen molar-refractivity contribution in [1.29, 1.82) is 0 Å². The van der Waals surface area contributed by atoms with Crippen LogP contribution in [0.3, 0.4) is 0 Å². The molecule has 5 heteroatoms. The van der Waals surface area contributed by atoms with E-state index in [4.69, 9.17) is 0 Å². The van der Waals surface area contributed by atoms with E-state index < -0.39 is 18.3 Å². The second-order valence-corrected chi connectivity index (χ2v) is 10.3. The van der Waals surface area contributed by atoms with Gasteiger partial charge in [0.05, 0.1) is 6.10 Å². The van der Waals surface area contributed by atoms with Crippen LogP contribution in [0.5, 0.6) is 0 Å². The van der Waals surface area contributed by atoms with Crippen LogP contribution in [0.2, 0.25) is 0 Å². The normalized spacial score (nSPS) is 33.6. The largest absolute Gasteiger partial charge is 0.523 e. The predicted octanol–water partition coefficient (Wildman–Crippen LogP) is 8.38. The van der Waals surface area contributed by atoms with Gasteiger partial charge in [0, 0.05) is 0 Å². The Labute approximate surface area is 183 Å². The molecule has 0 radical (unpaired) electrons. The van der Waals surface area contributed by atoms with Gasteiger partial charge in [0.15, 0.2) is 0 Å². The molecule has 0 bridgehead atoms. The van der Waals surface area contributed by atoms with Crippen molar-refractivity contribution < 1.29 is 22.3 Å². The van der Waals surface area contributed by atoms with E-state index in [1.54, 1.807) is 6.07 Å². The van der Waals surface area contributed by atoms with E-state index >= 15 is 0 Å². The second-order valence-electron chi connectivity index (χ2n) is 10.3. The number of alkyl halides is 3. The summed E-state index contributed by atoms with van der Waals surface area (Å²) in [6, 6.07) is 4.24. The zero-order chi connectivity index (χ0) is 22.0. The first kappa shape index (κ1) is 23.1. The summed E-state index contributed by atoms with van der Waals surface area (Å²) in [6.07, 6.45) is 7.80. The standard InChI is InChI=1S/C26H36F4O/c1-2-3-4-5-17-6-7-20-15-21(9-8-19(20)14-17)23-13-11-18-10-12-22(27)16-24(18)25(23)31-26(28,29)30/h10,12,16-17,19-21,23,25H,2-9,11,13-15H2,1H3. The zero-order valence-electron chi connectivity index (χ0n) is 18.6. The van der Waals surface area contributed by atoms with Gasteiger partial charge >= 0.3 is 6.36 Å². The molecule has 0 heterocycles. The van der Waals surface area contributed by atoms with Gasteiger partial charge in [0.1, 0.15) is 5.82 Å². The number of ether oxygens (including phenoxy) is 1. The van der Waals surface area contributed by atoms with Gasteiger partial charge < -0.3 is 0 Å². The van der Waals surface area contributed by atoms with E-state index in [1.807, 2.05) is 0 Å². The molecule has 3 aliphatic carbocycles. The van der Waals surface area contributed by atoms with Gasteiger partial charge in [-0.2, -0.15) is 0 Å². The maximum atomic E-state index is 13.9. The molecule has 3 aliphatic rings. The van der Waals surface area contributed by atoms with Gasteiger partial charge in [-0.15, -0.1) is 13.2 Å². The lowest BCUT2D eigenvalue weighted by molar-refractivity contribution is -0.354. The molecule has 1 nitrogen and oxygen atoms in total. The highest BCUT2D eigenvalue weighted by Crippen LogP contribution is 2.52. The summed E-state index contributed by atoms with van der Waals surface area (Å²) in [5, 5.41) is 0. The maximum absolute atomic E-state index is 13.9. The lowest BCUT2D eigenvalue weighted by Gasteiger charge is -2.46. The molecule has 6 unspecified atom stereocenters. The molecule has 6 atom stereocenters. The summed E-state index contributed by atoms with van der Waals surface area (Å²) in [5.74, 6) is 1.80. The molecule has 174 valence electrons. The van der Waals surface area contributed by atoms with Crippen molar-refractivity contribution in [2.45, 2.75) is 96.4 Å². The third-order valence-electron chi connectivity index (χ3n) is 8.39. The summed E-state index contributed by atoms with van der Waals surface area (Å²) < 4.78 is 58.5. The van der Waals surface area contributed by atoms with Gasteiger partial charge in [-0.3, -0.25) is 4.74 Å². The van der Waals surface area contributed by atoms with E-state index in [1.165, 1.54) is 57.1 Å². The van der Waals surface area contributed by atoms with E-state index in [0.29, 0.717) is 24.3 Å². The van der Waals surface area contributed by atoms with E-state index in [9.17, 15) is 17.6 Å². The van der Waals surface area contributed by atoms with Crippen molar-refractivity contribution >= 4 is 0 Å². The lowest BCUT2D eigenvalue weighted by Crippen LogP contribution is -2.38. The summed E-state index contributed by atoms with van der Waals surface area (Å²) in [6.45, 7) is 2.24. The molecule has 2 fully saturated rings. The number of aryl methyl sites for hydroxylation is 1. The Kier molecular flexibility index (Phi) is 7.30. The Bertz CT molecular complexity index is 731. The van der Waals surface area contributed by atoms with Crippen molar-refractivity contribution in [2.24, 2.45) is 29.6 Å². The van der Waals surface area contributed by atoms with E-state index in [2.05, 4.69) is 11.7 Å². The van der Waals surface area contributed by atoms with Crippen LogP contribution >= 0.6 is 0 Å². The Morgan fingerprint density at radius 2 is 1.68 bits per heavy atom. The number of hydrogen-bond acceptors (Lipinski definition) is 1. The molecule has 0 saturated heterocycles. The Hall–Kier alpha value is -1.10. The van der Waals surface area contributed by atoms with Crippen molar-refractivity contribution in [3.8, 4) is 0 Å². The van der Waals surface area contributed by atoms with Crippen molar-refractivity contribution in [3.63, 3.8) is 0 Å². The Balaban J connectivity index is 1.44. The highest BCUT2D eigenvalue weighted by atomic mass is 19.4. The van der Waals surface area contributed by atoms with E-state index in [0.717, 1.165) is 36.7 Å². The third kappa shape index (κ3) is 5.64. The first-order valence-corrected chi connectivity index (χ1v) is 12.4. The molecule has 0 aliphatic heterocycles. The molecule has 0 N–H and O–H groups in total. The topological polar surface area (TPSA) is 9.23 Å². The lowest BCUT2D eigenvalue weighted by atomic mass is 9.60. The van der Waals surface area contributed by atoms with Crippen molar-refractivity contribution in [2.75, 3.05) is 0 Å². The zero-order valence-corrected chi connectivity index (χ0v) is 18.6. The first-order valence-electron chi connectivity index (χ1n) is 12.4.